The third-order valence-electron chi connectivity index (χ3n) is 9.14. The van der Waals surface area contributed by atoms with Crippen molar-refractivity contribution < 1.29 is 0 Å². The van der Waals surface area contributed by atoms with Crippen molar-refractivity contribution in [2.24, 2.45) is 0 Å². The molecule has 0 saturated heterocycles. The van der Waals surface area contributed by atoms with Crippen LogP contribution in [0.3, 0.4) is 0 Å². The molecule has 10 rings (SSSR count). The zero-order valence-corrected chi connectivity index (χ0v) is 28.2. The van der Waals surface area contributed by atoms with Crippen molar-refractivity contribution in [3.05, 3.63) is 158 Å². The van der Waals surface area contributed by atoms with Crippen LogP contribution in [-0.2, 0) is 0 Å². The molecule has 3 aromatic heterocycles. The van der Waals surface area contributed by atoms with E-state index < -0.39 is 0 Å². The molecule has 3 heterocycles. The van der Waals surface area contributed by atoms with E-state index in [1.54, 1.807) is 22.7 Å². The van der Waals surface area contributed by atoms with Gasteiger partial charge in [-0.3, -0.25) is 0 Å². The molecule has 0 fully saturated rings. The predicted octanol–water partition coefficient (Wildman–Crippen LogP) is 12.3. The van der Waals surface area contributed by atoms with E-state index in [4.69, 9.17) is 19.9 Å². The molecule has 7 aromatic carbocycles. The Bertz CT molecular complexity index is 2860. The number of hydrogen-bond acceptors (Lipinski definition) is 6. The van der Waals surface area contributed by atoms with Gasteiger partial charge in [0.25, 0.3) is 0 Å². The van der Waals surface area contributed by atoms with Gasteiger partial charge in [0, 0.05) is 42.4 Å². The summed E-state index contributed by atoms with van der Waals surface area (Å²) in [7, 11) is 0. The summed E-state index contributed by atoms with van der Waals surface area (Å²) in [5.41, 5.74) is 7.30. The Kier molecular flexibility index (Phi) is 6.82. The molecular formula is C44H26N4S2. The lowest BCUT2D eigenvalue weighted by Crippen LogP contribution is -2.00. The minimum Gasteiger partial charge on any atom is -0.236 e. The van der Waals surface area contributed by atoms with Gasteiger partial charge in [-0.15, -0.1) is 22.7 Å². The summed E-state index contributed by atoms with van der Waals surface area (Å²) >= 11 is 3.48. The molecule has 0 aliphatic rings. The second-order valence-electron chi connectivity index (χ2n) is 12.3. The van der Waals surface area contributed by atoms with Crippen LogP contribution in [0.4, 0.5) is 0 Å². The lowest BCUT2D eigenvalue weighted by Gasteiger charge is -2.11. The second kappa shape index (κ2) is 11.8. The maximum Gasteiger partial charge on any atom is 0.166 e. The highest BCUT2D eigenvalue weighted by atomic mass is 32.1. The van der Waals surface area contributed by atoms with E-state index in [0.717, 1.165) is 48.3 Å². The van der Waals surface area contributed by atoms with Gasteiger partial charge in [-0.2, -0.15) is 0 Å². The Balaban J connectivity index is 1.25. The van der Waals surface area contributed by atoms with Crippen LogP contribution < -0.4 is 0 Å². The molecule has 10 aromatic rings. The van der Waals surface area contributed by atoms with Crippen molar-refractivity contribution in [1.29, 1.82) is 0 Å². The van der Waals surface area contributed by atoms with Gasteiger partial charge in [0.2, 0.25) is 0 Å². The topological polar surface area (TPSA) is 51.6 Å². The summed E-state index contributed by atoms with van der Waals surface area (Å²) < 4.78 is 3.47. The number of aromatic nitrogens is 4. The Morgan fingerprint density at radius 2 is 0.980 bits per heavy atom. The van der Waals surface area contributed by atoms with Gasteiger partial charge in [-0.05, 0) is 46.2 Å². The average molecular weight is 675 g/mol. The Hall–Kier alpha value is -6.08. The molecule has 4 nitrogen and oxygen atoms in total. The highest BCUT2D eigenvalue weighted by Gasteiger charge is 2.23. The fourth-order valence-electron chi connectivity index (χ4n) is 6.72. The molecule has 0 atom stereocenters. The van der Waals surface area contributed by atoms with Crippen molar-refractivity contribution in [2.45, 2.75) is 0 Å². The predicted molar refractivity (Wildman–Crippen MR) is 211 cm³/mol. The van der Waals surface area contributed by atoms with Crippen molar-refractivity contribution in [3.8, 4) is 55.9 Å². The first-order valence-corrected chi connectivity index (χ1v) is 18.1. The van der Waals surface area contributed by atoms with Gasteiger partial charge >= 0.3 is 0 Å². The van der Waals surface area contributed by atoms with E-state index in [9.17, 15) is 0 Å². The highest BCUT2D eigenvalue weighted by molar-refractivity contribution is 7.26. The number of fused-ring (bicyclic) bond motifs is 5. The molecule has 0 radical (unpaired) electrons. The zero-order chi connectivity index (χ0) is 33.0. The molecule has 6 heteroatoms. The maximum absolute atomic E-state index is 5.32. The molecule has 0 unspecified atom stereocenters. The van der Waals surface area contributed by atoms with Crippen LogP contribution in [0.2, 0.25) is 0 Å². The van der Waals surface area contributed by atoms with Crippen LogP contribution in [-0.4, -0.2) is 19.9 Å². The third-order valence-corrected chi connectivity index (χ3v) is 11.4. The molecule has 0 N–H and O–H groups in total. The largest absolute Gasteiger partial charge is 0.236 e. The van der Waals surface area contributed by atoms with E-state index in [2.05, 4.69) is 127 Å². The van der Waals surface area contributed by atoms with Gasteiger partial charge in [0.05, 0.1) is 10.2 Å². The number of rotatable bonds is 5. The van der Waals surface area contributed by atoms with Crippen LogP contribution in [0.1, 0.15) is 0 Å². The van der Waals surface area contributed by atoms with Gasteiger partial charge in [-0.1, -0.05) is 133 Å². The maximum atomic E-state index is 5.32. The number of hydrogen-bond donors (Lipinski definition) is 0. The van der Waals surface area contributed by atoms with Crippen LogP contribution in [0, 0.1) is 0 Å². The Morgan fingerprint density at radius 1 is 0.380 bits per heavy atom. The molecule has 0 saturated carbocycles. The summed E-state index contributed by atoms with van der Waals surface area (Å²) in [5.74, 6) is 1.92. The summed E-state index contributed by atoms with van der Waals surface area (Å²) in [6.45, 7) is 0. The summed E-state index contributed by atoms with van der Waals surface area (Å²) in [4.78, 5) is 20.9. The van der Waals surface area contributed by atoms with E-state index in [1.165, 1.54) is 31.3 Å². The normalized spacial score (nSPS) is 11.6. The van der Waals surface area contributed by atoms with Gasteiger partial charge in [-0.25, -0.2) is 19.9 Å². The summed E-state index contributed by atoms with van der Waals surface area (Å²) in [6.07, 6.45) is 0. The standard InChI is InChI=1S/C44H26N4S2/c1-4-12-27(13-5-1)31-22-20-28-21-23-32(25-33(28)24-31)42-46-41(29-14-6-2-7-15-29)47-43(48-42)39-38-34-18-10-11-19-36(34)49-37(38)26-35-40(39)50-44(45-35)30-16-8-3-9-17-30/h1-26H. The van der Waals surface area contributed by atoms with E-state index in [0.29, 0.717) is 17.5 Å². The van der Waals surface area contributed by atoms with Crippen molar-refractivity contribution in [3.63, 3.8) is 0 Å². The molecule has 0 aliphatic heterocycles. The fraction of sp³-hybridized carbons (Fsp3) is 0. The van der Waals surface area contributed by atoms with E-state index in [1.807, 2.05) is 30.3 Å². The van der Waals surface area contributed by atoms with Crippen LogP contribution in [0.25, 0.3) is 97.0 Å². The Morgan fingerprint density at radius 3 is 1.74 bits per heavy atom. The van der Waals surface area contributed by atoms with Crippen molar-refractivity contribution in [2.75, 3.05) is 0 Å². The average Bonchev–Trinajstić information content (AvgIpc) is 3.79. The molecule has 0 bridgehead atoms. The Labute approximate surface area is 296 Å². The SMILES string of the molecule is c1ccc(-c2ccc3ccc(-c4nc(-c5ccccc5)nc(-c5c6sc(-c7ccccc7)nc6cc6sc7ccccc7c56)n4)cc3c2)cc1. The number of thiazole rings is 1. The first kappa shape index (κ1) is 28.9. The van der Waals surface area contributed by atoms with Crippen molar-refractivity contribution in [1.82, 2.24) is 19.9 Å². The van der Waals surface area contributed by atoms with Crippen molar-refractivity contribution >= 4 is 63.8 Å². The number of thiophene rings is 1. The van der Waals surface area contributed by atoms with Crippen LogP contribution >= 0.6 is 22.7 Å². The molecule has 50 heavy (non-hydrogen) atoms. The third kappa shape index (κ3) is 4.96. The number of benzene rings is 7. The monoisotopic (exact) mass is 674 g/mol. The van der Waals surface area contributed by atoms with Gasteiger partial charge in [0.1, 0.15) is 5.01 Å². The minimum absolute atomic E-state index is 0.637. The van der Waals surface area contributed by atoms with E-state index >= 15 is 0 Å². The molecule has 0 spiro atoms. The van der Waals surface area contributed by atoms with Crippen LogP contribution in [0.15, 0.2) is 158 Å². The molecule has 234 valence electrons. The first-order chi connectivity index (χ1) is 24.7. The lowest BCUT2D eigenvalue weighted by atomic mass is 9.99. The molecule has 0 aliphatic carbocycles. The quantitative estimate of drug-likeness (QED) is 0.182. The fourth-order valence-corrected chi connectivity index (χ4v) is 8.96. The smallest absolute Gasteiger partial charge is 0.166 e. The first-order valence-electron chi connectivity index (χ1n) is 16.5. The van der Waals surface area contributed by atoms with E-state index in [-0.39, 0.29) is 0 Å². The highest BCUT2D eigenvalue weighted by Crippen LogP contribution is 2.46. The minimum atomic E-state index is 0.637. The van der Waals surface area contributed by atoms with Gasteiger partial charge in [0.15, 0.2) is 17.5 Å². The summed E-state index contributed by atoms with van der Waals surface area (Å²) in [6, 6.07) is 55.0. The molecule has 0 amide bonds. The summed E-state index contributed by atoms with van der Waals surface area (Å²) in [5, 5.41) is 5.63. The second-order valence-corrected chi connectivity index (χ2v) is 14.4. The number of nitrogens with zero attached hydrogens (tertiary/aromatic N) is 4. The van der Waals surface area contributed by atoms with Gasteiger partial charge < -0.3 is 0 Å². The molecular weight excluding hydrogens is 649 g/mol. The lowest BCUT2D eigenvalue weighted by molar-refractivity contribution is 1.08. The van der Waals surface area contributed by atoms with Crippen LogP contribution in [0.5, 0.6) is 0 Å². The zero-order valence-electron chi connectivity index (χ0n) is 26.6.